The Balaban J connectivity index is 1.82. The fourth-order valence-corrected chi connectivity index (χ4v) is 7.03. The smallest absolute Gasteiger partial charge is 0.265 e. The highest BCUT2D eigenvalue weighted by atomic mass is 32.2. The molecule has 0 aliphatic carbocycles. The monoisotopic (exact) mass is 456 g/mol. The van der Waals surface area contributed by atoms with Crippen molar-refractivity contribution in [2.24, 2.45) is 0 Å². The second kappa shape index (κ2) is 9.38. The Bertz CT molecular complexity index is 968. The van der Waals surface area contributed by atoms with Gasteiger partial charge in [0.05, 0.1) is 14.2 Å². The van der Waals surface area contributed by atoms with Crippen LogP contribution in [0.1, 0.15) is 15.2 Å². The van der Waals surface area contributed by atoms with Crippen LogP contribution in [0.3, 0.4) is 0 Å². The van der Waals surface area contributed by atoms with Crippen LogP contribution in [0.15, 0.2) is 34.5 Å². The minimum absolute atomic E-state index is 0.0907. The first-order chi connectivity index (χ1) is 13.9. The maximum atomic E-state index is 13.1. The van der Waals surface area contributed by atoms with Crippen LogP contribution in [0.25, 0.3) is 0 Å². The van der Waals surface area contributed by atoms with Crippen LogP contribution in [0, 0.1) is 0 Å². The molecule has 1 aromatic carbocycles. The molecule has 10 heteroatoms. The van der Waals surface area contributed by atoms with Crippen molar-refractivity contribution in [3.05, 3.63) is 40.1 Å². The largest absolute Gasteiger partial charge is 0.497 e. The average molecular weight is 457 g/mol. The van der Waals surface area contributed by atoms with E-state index in [-0.39, 0.29) is 22.2 Å². The molecule has 1 fully saturated rings. The molecule has 1 amide bonds. The van der Waals surface area contributed by atoms with E-state index in [1.54, 1.807) is 50.5 Å². The van der Waals surface area contributed by atoms with Crippen molar-refractivity contribution < 1.29 is 22.7 Å². The molecule has 0 spiro atoms. The van der Waals surface area contributed by atoms with Gasteiger partial charge in [0.15, 0.2) is 0 Å². The third-order valence-corrected chi connectivity index (χ3v) is 8.57. The van der Waals surface area contributed by atoms with Gasteiger partial charge in [0.2, 0.25) is 10.0 Å². The lowest BCUT2D eigenvalue weighted by Gasteiger charge is -2.26. The topological polar surface area (TPSA) is 76.2 Å². The molecule has 0 atom stereocenters. The first-order valence-corrected chi connectivity index (χ1v) is 12.5. The summed E-state index contributed by atoms with van der Waals surface area (Å²) >= 11 is 2.89. The first kappa shape index (κ1) is 21.9. The van der Waals surface area contributed by atoms with Gasteiger partial charge in [-0.2, -0.15) is 16.1 Å². The van der Waals surface area contributed by atoms with Crippen LogP contribution in [0.5, 0.6) is 11.5 Å². The van der Waals surface area contributed by atoms with E-state index in [0.29, 0.717) is 24.6 Å². The number of rotatable bonds is 7. The van der Waals surface area contributed by atoms with Crippen molar-refractivity contribution in [1.82, 2.24) is 9.21 Å². The summed E-state index contributed by atoms with van der Waals surface area (Å²) in [5.41, 5.74) is 0.804. The molecule has 1 aliphatic rings. The maximum absolute atomic E-state index is 13.1. The van der Waals surface area contributed by atoms with Crippen molar-refractivity contribution in [3.63, 3.8) is 0 Å². The molecule has 1 aromatic heterocycles. The summed E-state index contributed by atoms with van der Waals surface area (Å²) in [4.78, 5) is 14.9. The molecule has 1 aliphatic heterocycles. The minimum atomic E-state index is -3.68. The summed E-state index contributed by atoms with van der Waals surface area (Å²) in [7, 11) is 1.10. The van der Waals surface area contributed by atoms with Gasteiger partial charge in [-0.25, -0.2) is 8.42 Å². The molecule has 0 saturated carbocycles. The quantitative estimate of drug-likeness (QED) is 0.638. The van der Waals surface area contributed by atoms with Crippen LogP contribution in [-0.2, 0) is 16.6 Å². The fraction of sp³-hybridized carbons (Fsp3) is 0.421. The highest BCUT2D eigenvalue weighted by Gasteiger charge is 2.32. The highest BCUT2D eigenvalue weighted by Crippen LogP contribution is 2.30. The van der Waals surface area contributed by atoms with Gasteiger partial charge in [-0.3, -0.25) is 4.79 Å². The third-order valence-electron chi connectivity index (χ3n) is 4.66. The number of methoxy groups -OCH3 is 2. The number of thioether (sulfide) groups is 1. The van der Waals surface area contributed by atoms with E-state index < -0.39 is 10.0 Å². The zero-order valence-corrected chi connectivity index (χ0v) is 19.0. The van der Waals surface area contributed by atoms with E-state index in [0.717, 1.165) is 28.4 Å². The highest BCUT2D eigenvalue weighted by molar-refractivity contribution is 7.99. The SMILES string of the molecule is COc1ccc(CN(C)C(=O)c2sccc2S(=O)(=O)N2CCSCC2)c(OC)c1. The minimum Gasteiger partial charge on any atom is -0.497 e. The Labute approximate surface area is 179 Å². The van der Waals surface area contributed by atoms with Gasteiger partial charge in [0.25, 0.3) is 5.91 Å². The summed E-state index contributed by atoms with van der Waals surface area (Å²) in [5, 5.41) is 1.65. The van der Waals surface area contributed by atoms with Crippen molar-refractivity contribution >= 4 is 39.0 Å². The zero-order valence-electron chi connectivity index (χ0n) is 16.6. The molecule has 0 radical (unpaired) electrons. The Morgan fingerprint density at radius 1 is 1.17 bits per heavy atom. The van der Waals surface area contributed by atoms with E-state index in [1.165, 1.54) is 15.3 Å². The molecule has 2 aromatic rings. The Hall–Kier alpha value is -1.75. The van der Waals surface area contributed by atoms with E-state index in [4.69, 9.17) is 9.47 Å². The summed E-state index contributed by atoms with van der Waals surface area (Å²) in [6.45, 7) is 1.22. The van der Waals surface area contributed by atoms with Gasteiger partial charge in [0, 0.05) is 49.8 Å². The number of thiophene rings is 1. The van der Waals surface area contributed by atoms with E-state index in [1.807, 2.05) is 6.07 Å². The number of carbonyl (C=O) groups is 1. The number of nitrogens with zero attached hydrogens (tertiary/aromatic N) is 2. The number of carbonyl (C=O) groups excluding carboxylic acids is 1. The third kappa shape index (κ3) is 4.71. The molecule has 0 bridgehead atoms. The molecular weight excluding hydrogens is 432 g/mol. The van der Waals surface area contributed by atoms with Crippen LogP contribution in [0.4, 0.5) is 0 Å². The summed E-state index contributed by atoms with van der Waals surface area (Å²) in [5.74, 6) is 2.47. The van der Waals surface area contributed by atoms with Crippen LogP contribution in [-0.4, -0.2) is 69.4 Å². The van der Waals surface area contributed by atoms with E-state index in [2.05, 4.69) is 0 Å². The number of benzene rings is 1. The van der Waals surface area contributed by atoms with Crippen molar-refractivity contribution in [1.29, 1.82) is 0 Å². The van der Waals surface area contributed by atoms with Crippen molar-refractivity contribution in [3.8, 4) is 11.5 Å². The van der Waals surface area contributed by atoms with Crippen LogP contribution in [0.2, 0.25) is 0 Å². The second-order valence-corrected chi connectivity index (χ2v) is 10.5. The molecule has 7 nitrogen and oxygen atoms in total. The lowest BCUT2D eigenvalue weighted by molar-refractivity contribution is 0.0785. The molecule has 2 heterocycles. The average Bonchev–Trinajstić information content (AvgIpc) is 3.24. The normalized spacial score (nSPS) is 15.1. The Morgan fingerprint density at radius 3 is 2.55 bits per heavy atom. The lowest BCUT2D eigenvalue weighted by Crippen LogP contribution is -2.38. The van der Waals surface area contributed by atoms with E-state index in [9.17, 15) is 13.2 Å². The Kier molecular flexibility index (Phi) is 7.10. The molecule has 1 saturated heterocycles. The number of hydrogen-bond donors (Lipinski definition) is 0. The number of sulfonamides is 1. The number of amides is 1. The number of hydrogen-bond acceptors (Lipinski definition) is 7. The molecule has 29 heavy (non-hydrogen) atoms. The Morgan fingerprint density at radius 2 is 1.90 bits per heavy atom. The first-order valence-electron chi connectivity index (χ1n) is 9.00. The molecule has 158 valence electrons. The standard InChI is InChI=1S/C19H24N2O5S3/c1-20(13-14-4-5-15(25-2)12-16(14)26-3)19(22)18-17(6-9-28-18)29(23,24)21-7-10-27-11-8-21/h4-6,9,12H,7-8,10-11,13H2,1-3H3. The van der Waals surface area contributed by atoms with Gasteiger partial charge < -0.3 is 14.4 Å². The molecular formula is C19H24N2O5S3. The maximum Gasteiger partial charge on any atom is 0.265 e. The second-order valence-electron chi connectivity index (χ2n) is 6.47. The predicted octanol–water partition coefficient (Wildman–Crippen LogP) is 2.78. The van der Waals surface area contributed by atoms with Crippen LogP contribution >= 0.6 is 23.1 Å². The van der Waals surface area contributed by atoms with Gasteiger partial charge in [-0.15, -0.1) is 11.3 Å². The molecule has 0 unspecified atom stereocenters. The van der Waals surface area contributed by atoms with Crippen LogP contribution < -0.4 is 9.47 Å². The number of ether oxygens (including phenoxy) is 2. The lowest BCUT2D eigenvalue weighted by atomic mass is 10.1. The fourth-order valence-electron chi connectivity index (χ4n) is 3.07. The summed E-state index contributed by atoms with van der Waals surface area (Å²) < 4.78 is 38.2. The summed E-state index contributed by atoms with van der Waals surface area (Å²) in [6, 6.07) is 6.91. The van der Waals surface area contributed by atoms with Gasteiger partial charge >= 0.3 is 0 Å². The molecule has 3 rings (SSSR count). The van der Waals surface area contributed by atoms with Crippen molar-refractivity contribution in [2.45, 2.75) is 11.4 Å². The van der Waals surface area contributed by atoms with Crippen molar-refractivity contribution in [2.75, 3.05) is 45.9 Å². The summed E-state index contributed by atoms with van der Waals surface area (Å²) in [6.07, 6.45) is 0. The predicted molar refractivity (Wildman–Crippen MR) is 116 cm³/mol. The van der Waals surface area contributed by atoms with Gasteiger partial charge in [-0.1, -0.05) is 0 Å². The van der Waals surface area contributed by atoms with E-state index >= 15 is 0 Å². The molecule has 0 N–H and O–H groups in total. The van der Waals surface area contributed by atoms with Gasteiger partial charge in [0.1, 0.15) is 21.3 Å². The zero-order chi connectivity index (χ0) is 21.0. The van der Waals surface area contributed by atoms with Gasteiger partial charge in [-0.05, 0) is 23.6 Å².